The van der Waals surface area contributed by atoms with E-state index in [4.69, 9.17) is 10.5 Å². The molecule has 2 amide bonds. The van der Waals surface area contributed by atoms with Gasteiger partial charge in [-0.3, -0.25) is 0 Å². The van der Waals surface area contributed by atoms with E-state index < -0.39 is 5.97 Å². The second-order valence-electron chi connectivity index (χ2n) is 8.13. The lowest BCUT2D eigenvalue weighted by molar-refractivity contribution is 0.0521. The molecule has 1 aromatic carbocycles. The largest absolute Gasteiger partial charge is 0.461 e. The van der Waals surface area contributed by atoms with Crippen LogP contribution in [0, 0.1) is 5.82 Å². The van der Waals surface area contributed by atoms with Gasteiger partial charge in [-0.15, -0.1) is 0 Å². The Hall–Kier alpha value is -3.30. The molecule has 10 heteroatoms. The fourth-order valence-corrected chi connectivity index (χ4v) is 3.72. The average Bonchev–Trinajstić information content (AvgIpc) is 3.15. The number of nitrogen functional groups attached to an aromatic ring is 1. The summed E-state index contributed by atoms with van der Waals surface area (Å²) in [6.07, 6.45) is 2.85. The number of rotatable bonds is 6. The molecule has 2 heterocycles. The van der Waals surface area contributed by atoms with Gasteiger partial charge >= 0.3 is 12.0 Å². The molecule has 0 radical (unpaired) electrons. The third-order valence-corrected chi connectivity index (χ3v) is 5.80. The lowest BCUT2D eigenvalue weighted by atomic mass is 10.1. The van der Waals surface area contributed by atoms with Crippen molar-refractivity contribution in [1.29, 1.82) is 0 Å². The van der Waals surface area contributed by atoms with Gasteiger partial charge in [0, 0.05) is 37.9 Å². The first-order valence-electron chi connectivity index (χ1n) is 10.8. The zero-order valence-corrected chi connectivity index (χ0v) is 19.0. The van der Waals surface area contributed by atoms with Crippen LogP contribution in [0.3, 0.4) is 0 Å². The monoisotopic (exact) mass is 446 g/mol. The van der Waals surface area contributed by atoms with Crippen molar-refractivity contribution in [3.63, 3.8) is 0 Å². The lowest BCUT2D eigenvalue weighted by Crippen LogP contribution is -2.41. The van der Waals surface area contributed by atoms with Crippen molar-refractivity contribution in [1.82, 2.24) is 14.5 Å². The number of esters is 1. The van der Waals surface area contributed by atoms with Crippen molar-refractivity contribution >= 4 is 29.2 Å². The van der Waals surface area contributed by atoms with Gasteiger partial charge in [0.15, 0.2) is 5.69 Å². The lowest BCUT2D eigenvalue weighted by Gasteiger charge is -2.33. The van der Waals surface area contributed by atoms with Gasteiger partial charge in [0.25, 0.3) is 0 Å². The van der Waals surface area contributed by atoms with Gasteiger partial charge in [-0.25, -0.2) is 19.0 Å². The standard InChI is InChI=1S/C22H31FN6O3/c1-5-32-21(30)19-20(24)29(13-25-19)16-8-10-28(11-9-16)22(31)26-15-6-7-18(17(23)12-15)27(4)14(2)3/h6-7,12-14,16H,5,8-11,24H2,1-4H3,(H,26,31). The average molecular weight is 447 g/mol. The van der Waals surface area contributed by atoms with E-state index in [0.29, 0.717) is 37.3 Å². The fourth-order valence-electron chi connectivity index (χ4n) is 3.72. The quantitative estimate of drug-likeness (QED) is 0.658. The summed E-state index contributed by atoms with van der Waals surface area (Å²) in [6.45, 7) is 6.93. The highest BCUT2D eigenvalue weighted by atomic mass is 19.1. The van der Waals surface area contributed by atoms with Crippen molar-refractivity contribution < 1.29 is 18.7 Å². The molecule has 9 nitrogen and oxygen atoms in total. The molecule has 1 aliphatic heterocycles. The maximum absolute atomic E-state index is 14.5. The van der Waals surface area contributed by atoms with Crippen molar-refractivity contribution in [3.8, 4) is 0 Å². The zero-order chi connectivity index (χ0) is 23.4. The molecule has 0 aliphatic carbocycles. The molecule has 32 heavy (non-hydrogen) atoms. The van der Waals surface area contributed by atoms with Gasteiger partial charge in [0.05, 0.1) is 18.6 Å². The first-order chi connectivity index (χ1) is 15.2. The number of nitrogens with one attached hydrogen (secondary N) is 1. The van der Waals surface area contributed by atoms with Gasteiger partial charge in [-0.2, -0.15) is 0 Å². The number of ether oxygens (including phenoxy) is 1. The summed E-state index contributed by atoms with van der Waals surface area (Å²) in [5, 5.41) is 2.77. The normalized spacial score (nSPS) is 14.5. The molecule has 0 saturated carbocycles. The molecule has 174 valence electrons. The maximum atomic E-state index is 14.5. The number of hydrogen-bond donors (Lipinski definition) is 2. The van der Waals surface area contributed by atoms with Crippen LogP contribution in [-0.4, -0.2) is 59.2 Å². The van der Waals surface area contributed by atoms with Gasteiger partial charge in [0.2, 0.25) is 0 Å². The molecule has 0 bridgehead atoms. The summed E-state index contributed by atoms with van der Waals surface area (Å²) in [5.74, 6) is -0.655. The molecular weight excluding hydrogens is 415 g/mol. The van der Waals surface area contributed by atoms with E-state index in [1.807, 2.05) is 25.8 Å². The number of nitrogens with two attached hydrogens (primary N) is 1. The van der Waals surface area contributed by atoms with Crippen LogP contribution >= 0.6 is 0 Å². The number of halogens is 1. The van der Waals surface area contributed by atoms with Crippen molar-refractivity contribution in [2.75, 3.05) is 42.7 Å². The molecule has 1 fully saturated rings. The van der Waals surface area contributed by atoms with Crippen LogP contribution in [0.1, 0.15) is 50.1 Å². The smallest absolute Gasteiger partial charge is 0.360 e. The Morgan fingerprint density at radius 3 is 2.62 bits per heavy atom. The number of carbonyl (C=O) groups is 2. The highest BCUT2D eigenvalue weighted by Crippen LogP contribution is 2.28. The topological polar surface area (TPSA) is 106 Å². The molecule has 3 N–H and O–H groups in total. The third-order valence-electron chi connectivity index (χ3n) is 5.80. The number of benzene rings is 1. The summed E-state index contributed by atoms with van der Waals surface area (Å²) in [6, 6.07) is 4.61. The van der Waals surface area contributed by atoms with Crippen LogP contribution in [0.5, 0.6) is 0 Å². The predicted octanol–water partition coefficient (Wildman–Crippen LogP) is 3.49. The van der Waals surface area contributed by atoms with Crippen molar-refractivity contribution in [3.05, 3.63) is 36.0 Å². The summed E-state index contributed by atoms with van der Waals surface area (Å²) in [4.78, 5) is 32.2. The first-order valence-corrected chi connectivity index (χ1v) is 10.8. The van der Waals surface area contributed by atoms with E-state index in [-0.39, 0.29) is 42.1 Å². The van der Waals surface area contributed by atoms with E-state index >= 15 is 0 Å². The summed E-state index contributed by atoms with van der Waals surface area (Å²) in [5.41, 5.74) is 7.10. The molecule has 1 saturated heterocycles. The van der Waals surface area contributed by atoms with Gasteiger partial charge in [-0.05, 0) is 51.8 Å². The molecule has 0 unspecified atom stereocenters. The Morgan fingerprint density at radius 1 is 1.34 bits per heavy atom. The molecule has 1 aromatic heterocycles. The SMILES string of the molecule is CCOC(=O)c1ncn(C2CCN(C(=O)Nc3ccc(N(C)C(C)C)c(F)c3)CC2)c1N. The summed E-state index contributed by atoms with van der Waals surface area (Å²) >= 11 is 0. The van der Waals surface area contributed by atoms with Crippen LogP contribution in [-0.2, 0) is 4.74 Å². The van der Waals surface area contributed by atoms with Crippen LogP contribution in [0.15, 0.2) is 24.5 Å². The van der Waals surface area contributed by atoms with E-state index in [1.165, 1.54) is 6.07 Å². The number of aromatic nitrogens is 2. The Labute approximate surface area is 187 Å². The van der Waals surface area contributed by atoms with Crippen LogP contribution in [0.4, 0.5) is 26.4 Å². The second-order valence-corrected chi connectivity index (χ2v) is 8.13. The van der Waals surface area contributed by atoms with Gasteiger partial charge in [-0.1, -0.05) is 0 Å². The molecule has 0 atom stereocenters. The highest BCUT2D eigenvalue weighted by molar-refractivity contribution is 5.92. The number of nitrogens with zero attached hydrogens (tertiary/aromatic N) is 4. The van der Waals surface area contributed by atoms with Crippen molar-refractivity contribution in [2.24, 2.45) is 0 Å². The minimum absolute atomic E-state index is 0.0259. The Balaban J connectivity index is 1.58. The molecule has 0 spiro atoms. The van der Waals surface area contributed by atoms with Crippen LogP contribution in [0.25, 0.3) is 0 Å². The Morgan fingerprint density at radius 2 is 2.03 bits per heavy atom. The first kappa shape index (κ1) is 23.4. The number of urea groups is 1. The minimum Gasteiger partial charge on any atom is -0.461 e. The number of likely N-dealkylation sites (tertiary alicyclic amines) is 1. The molecule has 3 rings (SSSR count). The van der Waals surface area contributed by atoms with Crippen LogP contribution in [0.2, 0.25) is 0 Å². The van der Waals surface area contributed by atoms with Gasteiger partial charge in [0.1, 0.15) is 11.6 Å². The molecule has 2 aromatic rings. The predicted molar refractivity (Wildman–Crippen MR) is 121 cm³/mol. The number of hydrogen-bond acceptors (Lipinski definition) is 6. The fraction of sp³-hybridized carbons (Fsp3) is 0.500. The van der Waals surface area contributed by atoms with E-state index in [1.54, 1.807) is 34.9 Å². The second kappa shape index (κ2) is 9.88. The van der Waals surface area contributed by atoms with E-state index in [9.17, 15) is 14.0 Å². The minimum atomic E-state index is -0.543. The summed E-state index contributed by atoms with van der Waals surface area (Å²) in [7, 11) is 1.83. The number of carbonyl (C=O) groups excluding carboxylic acids is 2. The number of anilines is 3. The Kier molecular flexibility index (Phi) is 7.22. The number of imidazole rings is 1. The molecular formula is C22H31FN6O3. The summed E-state index contributed by atoms with van der Waals surface area (Å²) < 4.78 is 21.2. The van der Waals surface area contributed by atoms with E-state index in [2.05, 4.69) is 10.3 Å². The number of piperidine rings is 1. The number of amides is 2. The van der Waals surface area contributed by atoms with Crippen LogP contribution < -0.4 is 16.0 Å². The zero-order valence-electron chi connectivity index (χ0n) is 19.0. The van der Waals surface area contributed by atoms with E-state index in [0.717, 1.165) is 0 Å². The molecule has 1 aliphatic rings. The highest BCUT2D eigenvalue weighted by Gasteiger charge is 2.27. The van der Waals surface area contributed by atoms with Gasteiger partial charge < -0.3 is 30.2 Å². The maximum Gasteiger partial charge on any atom is 0.360 e. The third kappa shape index (κ3) is 4.95. The Bertz CT molecular complexity index is 969. The van der Waals surface area contributed by atoms with Crippen molar-refractivity contribution in [2.45, 2.75) is 45.7 Å².